The number of hydrogen-bond acceptors (Lipinski definition) is 8. The fraction of sp³-hybridized carbons (Fsp3) is 0.440. The number of urea groups is 1. The van der Waals surface area contributed by atoms with E-state index in [4.69, 9.17) is 9.47 Å². The molecule has 0 saturated carbocycles. The topological polar surface area (TPSA) is 109 Å². The highest BCUT2D eigenvalue weighted by Crippen LogP contribution is 2.30. The zero-order valence-electron chi connectivity index (χ0n) is 20.4. The molecule has 35 heavy (non-hydrogen) atoms. The number of amides is 2. The second-order valence-corrected chi connectivity index (χ2v) is 8.69. The number of rotatable bonds is 8. The highest BCUT2D eigenvalue weighted by Gasteiger charge is 2.34. The third-order valence-corrected chi connectivity index (χ3v) is 5.82. The standard InChI is InChI=1S/C25H32N6O4/c1-4-34-23(32)21-20(16-30-12-14-31(15-13-30)24-26-10-5-11-27-24)28-25(33)29-22(21)18-6-8-19(9-7-18)35-17(2)3/h5-11,17,22H,4,12-16H2,1-3H3,(H2,28,29,33). The van der Waals surface area contributed by atoms with Gasteiger partial charge < -0.3 is 25.0 Å². The Balaban J connectivity index is 1.55. The Hall–Kier alpha value is -3.66. The van der Waals surface area contributed by atoms with Crippen LogP contribution >= 0.6 is 0 Å². The van der Waals surface area contributed by atoms with Gasteiger partial charge in [0.15, 0.2) is 0 Å². The normalized spacial score (nSPS) is 18.8. The van der Waals surface area contributed by atoms with Gasteiger partial charge in [0.05, 0.1) is 24.3 Å². The second-order valence-electron chi connectivity index (χ2n) is 8.69. The maximum atomic E-state index is 13.1. The molecule has 0 aliphatic carbocycles. The Morgan fingerprint density at radius 2 is 1.80 bits per heavy atom. The average molecular weight is 481 g/mol. The highest BCUT2D eigenvalue weighted by molar-refractivity contribution is 5.95. The number of esters is 1. The molecule has 3 heterocycles. The first-order chi connectivity index (χ1) is 16.9. The molecule has 10 heteroatoms. The van der Waals surface area contributed by atoms with Crippen LogP contribution in [0.2, 0.25) is 0 Å². The fourth-order valence-corrected chi connectivity index (χ4v) is 4.24. The molecule has 0 radical (unpaired) electrons. The van der Waals surface area contributed by atoms with Crippen molar-refractivity contribution >= 4 is 17.9 Å². The van der Waals surface area contributed by atoms with Gasteiger partial charge in [-0.15, -0.1) is 0 Å². The molecular weight excluding hydrogens is 448 g/mol. The largest absolute Gasteiger partial charge is 0.491 e. The number of nitrogens with zero attached hydrogens (tertiary/aromatic N) is 4. The summed E-state index contributed by atoms with van der Waals surface area (Å²) in [5, 5.41) is 5.74. The molecule has 186 valence electrons. The maximum Gasteiger partial charge on any atom is 0.338 e. The van der Waals surface area contributed by atoms with Crippen LogP contribution in [0.3, 0.4) is 0 Å². The predicted molar refractivity (Wildman–Crippen MR) is 131 cm³/mol. The van der Waals surface area contributed by atoms with Gasteiger partial charge in [0.2, 0.25) is 5.95 Å². The van der Waals surface area contributed by atoms with Crippen LogP contribution in [-0.4, -0.2) is 72.3 Å². The molecule has 2 aromatic rings. The molecule has 2 N–H and O–H groups in total. The Morgan fingerprint density at radius 3 is 2.43 bits per heavy atom. The van der Waals surface area contributed by atoms with Crippen molar-refractivity contribution in [3.8, 4) is 5.75 Å². The molecule has 2 amide bonds. The summed E-state index contributed by atoms with van der Waals surface area (Å²) in [5.41, 5.74) is 1.75. The first-order valence-electron chi connectivity index (χ1n) is 11.9. The fourth-order valence-electron chi connectivity index (χ4n) is 4.24. The van der Waals surface area contributed by atoms with Crippen molar-refractivity contribution in [3.05, 3.63) is 59.6 Å². The van der Waals surface area contributed by atoms with Crippen LogP contribution < -0.4 is 20.3 Å². The molecule has 0 spiro atoms. The Kier molecular flexibility index (Phi) is 7.81. The molecule has 2 aliphatic heterocycles. The Bertz CT molecular complexity index is 1050. The van der Waals surface area contributed by atoms with Crippen molar-refractivity contribution in [2.45, 2.75) is 32.9 Å². The smallest absolute Gasteiger partial charge is 0.338 e. The average Bonchev–Trinajstić information content (AvgIpc) is 2.85. The molecule has 1 saturated heterocycles. The van der Waals surface area contributed by atoms with E-state index in [1.807, 2.05) is 38.1 Å². The predicted octanol–water partition coefficient (Wildman–Crippen LogP) is 2.26. The first kappa shape index (κ1) is 24.5. The third-order valence-electron chi connectivity index (χ3n) is 5.82. The summed E-state index contributed by atoms with van der Waals surface area (Å²) >= 11 is 0. The quantitative estimate of drug-likeness (QED) is 0.554. The van der Waals surface area contributed by atoms with E-state index in [1.54, 1.807) is 25.4 Å². The molecule has 1 fully saturated rings. The van der Waals surface area contributed by atoms with Crippen molar-refractivity contribution in [3.63, 3.8) is 0 Å². The monoisotopic (exact) mass is 480 g/mol. The molecule has 1 aromatic heterocycles. The molecule has 1 atom stereocenters. The van der Waals surface area contributed by atoms with Gasteiger partial charge in [-0.3, -0.25) is 4.90 Å². The van der Waals surface area contributed by atoms with E-state index in [0.717, 1.165) is 37.5 Å². The van der Waals surface area contributed by atoms with E-state index in [0.29, 0.717) is 23.8 Å². The molecule has 2 aliphatic rings. The lowest BCUT2D eigenvalue weighted by molar-refractivity contribution is -0.139. The Labute approximate surface area is 205 Å². The minimum absolute atomic E-state index is 0.0509. The summed E-state index contributed by atoms with van der Waals surface area (Å²) in [6.07, 6.45) is 3.52. The molecule has 1 unspecified atom stereocenters. The first-order valence-corrected chi connectivity index (χ1v) is 11.9. The minimum Gasteiger partial charge on any atom is -0.491 e. The SMILES string of the molecule is CCOC(=O)C1=C(CN2CCN(c3ncccn3)CC2)NC(=O)NC1c1ccc(OC(C)C)cc1. The van der Waals surface area contributed by atoms with Gasteiger partial charge in [0, 0.05) is 50.8 Å². The van der Waals surface area contributed by atoms with E-state index >= 15 is 0 Å². The van der Waals surface area contributed by atoms with Crippen molar-refractivity contribution in [1.82, 2.24) is 25.5 Å². The van der Waals surface area contributed by atoms with Crippen LogP contribution in [0.4, 0.5) is 10.7 Å². The number of benzene rings is 1. The number of piperazine rings is 1. The number of aromatic nitrogens is 2. The molecule has 10 nitrogen and oxygen atoms in total. The highest BCUT2D eigenvalue weighted by atomic mass is 16.5. The van der Waals surface area contributed by atoms with E-state index in [1.165, 1.54) is 0 Å². The van der Waals surface area contributed by atoms with E-state index in [9.17, 15) is 9.59 Å². The van der Waals surface area contributed by atoms with Gasteiger partial charge in [-0.25, -0.2) is 19.6 Å². The number of carbonyl (C=O) groups is 2. The van der Waals surface area contributed by atoms with E-state index in [2.05, 4.69) is 30.4 Å². The summed E-state index contributed by atoms with van der Waals surface area (Å²) in [5.74, 6) is 0.990. The molecule has 0 bridgehead atoms. The zero-order chi connectivity index (χ0) is 24.8. The second kappa shape index (κ2) is 11.2. The van der Waals surface area contributed by atoms with Crippen molar-refractivity contribution in [2.75, 3.05) is 44.2 Å². The van der Waals surface area contributed by atoms with Gasteiger partial charge in [-0.05, 0) is 44.5 Å². The zero-order valence-corrected chi connectivity index (χ0v) is 20.4. The Morgan fingerprint density at radius 1 is 1.11 bits per heavy atom. The van der Waals surface area contributed by atoms with Gasteiger partial charge in [-0.1, -0.05) is 12.1 Å². The van der Waals surface area contributed by atoms with Crippen molar-refractivity contribution < 1.29 is 19.1 Å². The van der Waals surface area contributed by atoms with Crippen LogP contribution in [0, 0.1) is 0 Å². The van der Waals surface area contributed by atoms with Crippen LogP contribution in [0.1, 0.15) is 32.4 Å². The number of nitrogens with one attached hydrogen (secondary N) is 2. The van der Waals surface area contributed by atoms with Gasteiger partial charge >= 0.3 is 12.0 Å². The van der Waals surface area contributed by atoms with E-state index in [-0.39, 0.29) is 18.7 Å². The number of ether oxygens (including phenoxy) is 2. The summed E-state index contributed by atoms with van der Waals surface area (Å²) in [6.45, 7) is 9.34. The summed E-state index contributed by atoms with van der Waals surface area (Å²) < 4.78 is 11.1. The number of carbonyl (C=O) groups excluding carboxylic acids is 2. The summed E-state index contributed by atoms with van der Waals surface area (Å²) in [4.78, 5) is 38.6. The number of anilines is 1. The van der Waals surface area contributed by atoms with Gasteiger partial charge in [-0.2, -0.15) is 0 Å². The summed E-state index contributed by atoms with van der Waals surface area (Å²) in [6, 6.07) is 8.24. The van der Waals surface area contributed by atoms with Crippen LogP contribution in [0.25, 0.3) is 0 Å². The van der Waals surface area contributed by atoms with Gasteiger partial charge in [0.25, 0.3) is 0 Å². The molecular formula is C25H32N6O4. The molecule has 1 aromatic carbocycles. The van der Waals surface area contributed by atoms with Crippen LogP contribution in [0.5, 0.6) is 5.75 Å². The van der Waals surface area contributed by atoms with Gasteiger partial charge in [0.1, 0.15) is 5.75 Å². The van der Waals surface area contributed by atoms with E-state index < -0.39 is 12.0 Å². The maximum absolute atomic E-state index is 13.1. The van der Waals surface area contributed by atoms with Crippen LogP contribution in [-0.2, 0) is 9.53 Å². The third kappa shape index (κ3) is 6.07. The lowest BCUT2D eigenvalue weighted by Crippen LogP contribution is -2.52. The van der Waals surface area contributed by atoms with Crippen LogP contribution in [0.15, 0.2) is 54.0 Å². The summed E-state index contributed by atoms with van der Waals surface area (Å²) in [7, 11) is 0. The molecule has 4 rings (SSSR count). The number of hydrogen-bond donors (Lipinski definition) is 2. The van der Waals surface area contributed by atoms with Crippen molar-refractivity contribution in [2.24, 2.45) is 0 Å². The van der Waals surface area contributed by atoms with Crippen molar-refractivity contribution in [1.29, 1.82) is 0 Å². The lowest BCUT2D eigenvalue weighted by atomic mass is 9.94. The minimum atomic E-state index is -0.620. The lowest BCUT2D eigenvalue weighted by Gasteiger charge is -2.37.